The summed E-state index contributed by atoms with van der Waals surface area (Å²) >= 11 is 0. The zero-order valence-corrected chi connectivity index (χ0v) is 13.6. The van der Waals surface area contributed by atoms with Gasteiger partial charge in [0.2, 0.25) is 5.88 Å². The zero-order valence-electron chi connectivity index (χ0n) is 13.6. The molecule has 0 bridgehead atoms. The number of carbonyl (C=O) groups excluding carboxylic acids is 1. The number of hydrogen-bond donors (Lipinski definition) is 0. The number of hydrogen-bond acceptors (Lipinski definition) is 5. The highest BCUT2D eigenvalue weighted by Crippen LogP contribution is 2.22. The van der Waals surface area contributed by atoms with E-state index in [2.05, 4.69) is 9.97 Å². The molecule has 1 amide bonds. The van der Waals surface area contributed by atoms with Gasteiger partial charge in [-0.2, -0.15) is 0 Å². The summed E-state index contributed by atoms with van der Waals surface area (Å²) < 4.78 is 11.1. The van der Waals surface area contributed by atoms with E-state index >= 15 is 0 Å². The summed E-state index contributed by atoms with van der Waals surface area (Å²) in [6.07, 6.45) is 8.50. The quantitative estimate of drug-likeness (QED) is 0.855. The first-order valence-corrected chi connectivity index (χ1v) is 7.84. The Hall–Kier alpha value is -1.85. The lowest BCUT2D eigenvalue weighted by atomic mass is 10.0. The molecule has 0 spiro atoms. The molecular weight excluding hydrogens is 282 g/mol. The molecule has 0 saturated carbocycles. The van der Waals surface area contributed by atoms with Crippen LogP contribution in [-0.4, -0.2) is 45.8 Å². The van der Waals surface area contributed by atoms with Gasteiger partial charge in [-0.25, -0.2) is 9.78 Å². The molecule has 6 nitrogen and oxygen atoms in total. The van der Waals surface area contributed by atoms with Crippen LogP contribution in [0.2, 0.25) is 0 Å². The molecule has 122 valence electrons. The summed E-state index contributed by atoms with van der Waals surface area (Å²) in [4.78, 5) is 22.2. The Morgan fingerprint density at radius 3 is 2.86 bits per heavy atom. The fraction of sp³-hybridized carbons (Fsp3) is 0.688. The van der Waals surface area contributed by atoms with Crippen molar-refractivity contribution in [3.05, 3.63) is 18.6 Å². The summed E-state index contributed by atoms with van der Waals surface area (Å²) in [6.45, 7) is 6.94. The van der Waals surface area contributed by atoms with E-state index in [1.165, 1.54) is 0 Å². The summed E-state index contributed by atoms with van der Waals surface area (Å²) in [5.41, 5.74) is -0.463. The third kappa shape index (κ3) is 5.16. The normalized spacial score (nSPS) is 18.9. The molecule has 0 aliphatic carbocycles. The summed E-state index contributed by atoms with van der Waals surface area (Å²) in [7, 11) is 0. The molecule has 1 aromatic heterocycles. The fourth-order valence-electron chi connectivity index (χ4n) is 2.52. The maximum Gasteiger partial charge on any atom is 0.410 e. The van der Waals surface area contributed by atoms with Crippen molar-refractivity contribution in [1.82, 2.24) is 14.9 Å². The molecule has 0 unspecified atom stereocenters. The Balaban J connectivity index is 1.85. The van der Waals surface area contributed by atoms with Gasteiger partial charge >= 0.3 is 6.09 Å². The predicted molar refractivity (Wildman–Crippen MR) is 82.7 cm³/mol. The first kappa shape index (κ1) is 16.5. The summed E-state index contributed by atoms with van der Waals surface area (Å²) in [6, 6.07) is 0.167. The summed E-state index contributed by atoms with van der Waals surface area (Å²) in [5, 5.41) is 0. The van der Waals surface area contributed by atoms with E-state index in [1.54, 1.807) is 18.6 Å². The van der Waals surface area contributed by atoms with Crippen molar-refractivity contribution in [2.45, 2.75) is 58.1 Å². The smallest absolute Gasteiger partial charge is 0.410 e. The van der Waals surface area contributed by atoms with E-state index in [4.69, 9.17) is 9.47 Å². The number of likely N-dealkylation sites (tertiary alicyclic amines) is 1. The number of rotatable bonds is 4. The van der Waals surface area contributed by atoms with Gasteiger partial charge in [0.15, 0.2) is 0 Å². The Morgan fingerprint density at radius 2 is 2.18 bits per heavy atom. The van der Waals surface area contributed by atoms with E-state index in [0.29, 0.717) is 12.5 Å². The number of piperidine rings is 1. The highest BCUT2D eigenvalue weighted by molar-refractivity contribution is 5.68. The molecule has 1 fully saturated rings. The minimum absolute atomic E-state index is 0.167. The SMILES string of the molecule is CC(C)(C)OC(=O)N1CCCC[C@H]1CCOc1cnccn1. The second-order valence-corrected chi connectivity index (χ2v) is 6.50. The van der Waals surface area contributed by atoms with Crippen molar-refractivity contribution in [2.24, 2.45) is 0 Å². The van der Waals surface area contributed by atoms with Crippen LogP contribution >= 0.6 is 0 Å². The lowest BCUT2D eigenvalue weighted by molar-refractivity contribution is 0.00737. The average molecular weight is 307 g/mol. The van der Waals surface area contributed by atoms with Crippen molar-refractivity contribution in [2.75, 3.05) is 13.2 Å². The Morgan fingerprint density at radius 1 is 1.36 bits per heavy atom. The molecule has 2 rings (SSSR count). The predicted octanol–water partition coefficient (Wildman–Crippen LogP) is 3.04. The Bertz CT molecular complexity index is 473. The molecule has 1 aromatic rings. The lowest BCUT2D eigenvalue weighted by Gasteiger charge is -2.36. The van der Waals surface area contributed by atoms with Crippen molar-refractivity contribution in [3.8, 4) is 5.88 Å². The van der Waals surface area contributed by atoms with Gasteiger partial charge in [0, 0.05) is 31.4 Å². The fourth-order valence-corrected chi connectivity index (χ4v) is 2.52. The molecule has 6 heteroatoms. The first-order valence-electron chi connectivity index (χ1n) is 7.84. The van der Waals surface area contributed by atoms with Gasteiger partial charge < -0.3 is 14.4 Å². The molecule has 22 heavy (non-hydrogen) atoms. The van der Waals surface area contributed by atoms with Gasteiger partial charge in [-0.1, -0.05) is 0 Å². The second-order valence-electron chi connectivity index (χ2n) is 6.50. The first-order chi connectivity index (χ1) is 10.5. The standard InChI is InChI=1S/C16H25N3O3/c1-16(2,3)22-15(20)19-10-5-4-6-13(19)7-11-21-14-12-17-8-9-18-14/h8-9,12-13H,4-7,10-11H2,1-3H3/t13-/m0/s1. The number of aromatic nitrogens is 2. The minimum Gasteiger partial charge on any atom is -0.476 e. The van der Waals surface area contributed by atoms with Crippen molar-refractivity contribution >= 4 is 6.09 Å². The van der Waals surface area contributed by atoms with Crippen LogP contribution in [0.4, 0.5) is 4.79 Å². The van der Waals surface area contributed by atoms with Gasteiger partial charge in [0.05, 0.1) is 12.8 Å². The monoisotopic (exact) mass is 307 g/mol. The van der Waals surface area contributed by atoms with Crippen LogP contribution in [0.25, 0.3) is 0 Å². The third-order valence-electron chi connectivity index (χ3n) is 3.50. The molecule has 1 saturated heterocycles. The van der Waals surface area contributed by atoms with E-state index in [0.717, 1.165) is 32.2 Å². The average Bonchev–Trinajstić information content (AvgIpc) is 2.47. The van der Waals surface area contributed by atoms with Crippen LogP contribution < -0.4 is 4.74 Å². The Labute approximate surface area is 131 Å². The van der Waals surface area contributed by atoms with Crippen LogP contribution in [0, 0.1) is 0 Å². The third-order valence-corrected chi connectivity index (χ3v) is 3.50. The van der Waals surface area contributed by atoms with Crippen LogP contribution in [0.3, 0.4) is 0 Å². The van der Waals surface area contributed by atoms with E-state index < -0.39 is 5.60 Å². The van der Waals surface area contributed by atoms with Crippen molar-refractivity contribution < 1.29 is 14.3 Å². The molecule has 1 aliphatic heterocycles. The van der Waals surface area contributed by atoms with Gasteiger partial charge in [0.25, 0.3) is 0 Å². The van der Waals surface area contributed by atoms with Gasteiger partial charge in [-0.05, 0) is 40.0 Å². The number of carbonyl (C=O) groups is 1. The molecule has 1 atom stereocenters. The van der Waals surface area contributed by atoms with Crippen molar-refractivity contribution in [1.29, 1.82) is 0 Å². The highest BCUT2D eigenvalue weighted by atomic mass is 16.6. The summed E-state index contributed by atoms with van der Waals surface area (Å²) in [5.74, 6) is 0.516. The van der Waals surface area contributed by atoms with E-state index in [-0.39, 0.29) is 12.1 Å². The molecule has 1 aliphatic rings. The van der Waals surface area contributed by atoms with E-state index in [9.17, 15) is 4.79 Å². The number of nitrogens with zero attached hydrogens (tertiary/aromatic N) is 3. The Kier molecular flexibility index (Phi) is 5.57. The molecule has 0 N–H and O–H groups in total. The maximum absolute atomic E-state index is 12.3. The topological polar surface area (TPSA) is 64.5 Å². The largest absolute Gasteiger partial charge is 0.476 e. The molecular formula is C16H25N3O3. The van der Waals surface area contributed by atoms with E-state index in [1.807, 2.05) is 25.7 Å². The van der Waals surface area contributed by atoms with Gasteiger partial charge in [0.1, 0.15) is 5.60 Å². The van der Waals surface area contributed by atoms with Crippen LogP contribution in [-0.2, 0) is 4.74 Å². The highest BCUT2D eigenvalue weighted by Gasteiger charge is 2.30. The molecule has 2 heterocycles. The maximum atomic E-state index is 12.3. The van der Waals surface area contributed by atoms with Crippen LogP contribution in [0.15, 0.2) is 18.6 Å². The van der Waals surface area contributed by atoms with Gasteiger partial charge in [-0.3, -0.25) is 4.98 Å². The van der Waals surface area contributed by atoms with Crippen LogP contribution in [0.5, 0.6) is 5.88 Å². The number of amides is 1. The zero-order chi connectivity index (χ0) is 16.0. The minimum atomic E-state index is -0.463. The molecule has 0 radical (unpaired) electrons. The number of ether oxygens (including phenoxy) is 2. The lowest BCUT2D eigenvalue weighted by Crippen LogP contribution is -2.46. The van der Waals surface area contributed by atoms with Gasteiger partial charge in [-0.15, -0.1) is 0 Å². The molecule has 0 aromatic carbocycles. The van der Waals surface area contributed by atoms with Crippen molar-refractivity contribution in [3.63, 3.8) is 0 Å². The van der Waals surface area contributed by atoms with Crippen LogP contribution in [0.1, 0.15) is 46.5 Å². The second kappa shape index (κ2) is 7.42.